The van der Waals surface area contributed by atoms with Crippen LogP contribution >= 0.6 is 12.6 Å². The first-order valence-electron chi connectivity index (χ1n) is 2.40. The van der Waals surface area contributed by atoms with E-state index in [1.807, 2.05) is 0 Å². The van der Waals surface area contributed by atoms with Gasteiger partial charge in [0.1, 0.15) is 0 Å². The monoisotopic (exact) mass is 141 g/mol. The minimum absolute atomic E-state index is 0.164. The van der Waals surface area contributed by atoms with Gasteiger partial charge in [-0.25, -0.2) is 0 Å². The van der Waals surface area contributed by atoms with Crippen molar-refractivity contribution in [3.05, 3.63) is 18.2 Å². The molecule has 2 nitrogen and oxygen atoms in total. The Morgan fingerprint density at radius 3 is 2.33 bits per heavy atom. The molecule has 0 saturated carbocycles. The van der Waals surface area contributed by atoms with Crippen LogP contribution < -0.4 is 0 Å². The molecule has 0 atom stereocenters. The summed E-state index contributed by atoms with van der Waals surface area (Å²) in [6.07, 6.45) is 0. The third-order valence-corrected chi connectivity index (χ3v) is 1.31. The van der Waals surface area contributed by atoms with Gasteiger partial charge in [0.25, 0.3) is 0 Å². The van der Waals surface area contributed by atoms with E-state index >= 15 is 0 Å². The number of rotatable bonds is 0. The summed E-state index contributed by atoms with van der Waals surface area (Å²) in [5, 5.41) is 17.6. The van der Waals surface area contributed by atoms with Gasteiger partial charge in [-0.1, -0.05) is 18.7 Å². The Morgan fingerprint density at radius 2 is 1.89 bits per heavy atom. The maximum absolute atomic E-state index is 8.85. The molecule has 0 amide bonds. The van der Waals surface area contributed by atoms with E-state index in [0.717, 1.165) is 0 Å². The van der Waals surface area contributed by atoms with Crippen LogP contribution in [0.5, 0.6) is 11.5 Å². The minimum atomic E-state index is -0.215. The fourth-order valence-corrected chi connectivity index (χ4v) is 0.694. The quantitative estimate of drug-likeness (QED) is 0.539. The molecular weight excluding hydrogens is 136 g/mol. The molecule has 1 rings (SSSR count). The molecule has 0 unspecified atom stereocenters. The molecule has 2 N–H and O–H groups in total. The number of benzene rings is 1. The average Bonchev–Trinajstić information content (AvgIpc) is 1.83. The zero-order chi connectivity index (χ0) is 6.85. The first-order valence-corrected chi connectivity index (χ1v) is 2.80. The van der Waals surface area contributed by atoms with Crippen LogP contribution in [0.15, 0.2) is 23.1 Å². The number of para-hydroxylation sites is 1. The lowest BCUT2D eigenvalue weighted by molar-refractivity contribution is 0.395. The predicted molar refractivity (Wildman–Crippen MR) is 35.6 cm³/mol. The third-order valence-electron chi connectivity index (χ3n) is 0.978. The highest BCUT2D eigenvalue weighted by atomic mass is 32.1. The summed E-state index contributed by atoms with van der Waals surface area (Å²) < 4.78 is 0. The van der Waals surface area contributed by atoms with Gasteiger partial charge in [0.05, 0.1) is 4.90 Å². The number of aromatic hydroxyl groups is 2. The maximum atomic E-state index is 8.85. The van der Waals surface area contributed by atoms with Crippen molar-refractivity contribution in [2.24, 2.45) is 0 Å². The molecule has 0 bridgehead atoms. The fraction of sp³-hybridized carbons (Fsp3) is 0. The van der Waals surface area contributed by atoms with Crippen LogP contribution in [0.4, 0.5) is 0 Å². The molecule has 0 fully saturated rings. The van der Waals surface area contributed by atoms with Gasteiger partial charge in [-0.15, -0.1) is 0 Å². The van der Waals surface area contributed by atoms with Crippen molar-refractivity contribution >= 4 is 12.6 Å². The first-order chi connectivity index (χ1) is 4.22. The Balaban J connectivity index is 3.25. The number of phenols is 2. The summed E-state index contributed by atoms with van der Waals surface area (Å²) in [6.45, 7) is 0. The van der Waals surface area contributed by atoms with Crippen LogP contribution in [-0.2, 0) is 0 Å². The number of phenolic OH excluding ortho intramolecular Hbond substituents is 2. The highest BCUT2D eigenvalue weighted by Gasteiger charge is 2.00. The van der Waals surface area contributed by atoms with Crippen molar-refractivity contribution in [1.82, 2.24) is 0 Å². The van der Waals surface area contributed by atoms with E-state index < -0.39 is 0 Å². The first kappa shape index (κ1) is 6.16. The molecule has 1 aromatic rings. The van der Waals surface area contributed by atoms with E-state index in [-0.39, 0.29) is 16.4 Å². The Hall–Kier alpha value is -0.960. The fourth-order valence-electron chi connectivity index (χ4n) is 0.511. The summed E-state index contributed by atoms with van der Waals surface area (Å²) in [7, 11) is 0. The van der Waals surface area contributed by atoms with Gasteiger partial charge < -0.3 is 10.2 Å². The lowest BCUT2D eigenvalue weighted by Crippen LogP contribution is -1.68. The summed E-state index contributed by atoms with van der Waals surface area (Å²) in [4.78, 5) is 0.273. The lowest BCUT2D eigenvalue weighted by atomic mass is 10.3. The average molecular weight is 141 g/mol. The topological polar surface area (TPSA) is 40.5 Å². The van der Waals surface area contributed by atoms with Crippen LogP contribution in [0.2, 0.25) is 0 Å². The predicted octanol–water partition coefficient (Wildman–Crippen LogP) is 1.65. The Morgan fingerprint density at radius 1 is 1.22 bits per heavy atom. The van der Waals surface area contributed by atoms with Crippen molar-refractivity contribution in [2.45, 2.75) is 4.90 Å². The zero-order valence-electron chi connectivity index (χ0n) is 4.53. The molecule has 1 radical (unpaired) electrons. The maximum Gasteiger partial charge on any atom is 0.175 e. The second-order valence-corrected chi connectivity index (χ2v) is 2.06. The minimum Gasteiger partial charge on any atom is -0.504 e. The highest BCUT2D eigenvalue weighted by Crippen LogP contribution is 2.30. The van der Waals surface area contributed by atoms with Crippen LogP contribution in [0.25, 0.3) is 0 Å². The van der Waals surface area contributed by atoms with Crippen LogP contribution in [-0.4, -0.2) is 10.2 Å². The van der Waals surface area contributed by atoms with E-state index in [0.29, 0.717) is 0 Å². The summed E-state index contributed by atoms with van der Waals surface area (Å²) in [6, 6.07) is 4.51. The molecule has 47 valence electrons. The van der Waals surface area contributed by atoms with E-state index in [1.54, 1.807) is 12.1 Å². The molecule has 0 aromatic heterocycles. The number of hydrogen-bond donors (Lipinski definition) is 2. The molecule has 1 aromatic carbocycles. The molecule has 0 heterocycles. The second-order valence-electron chi connectivity index (χ2n) is 1.62. The third kappa shape index (κ3) is 1.05. The molecule has 0 spiro atoms. The summed E-state index contributed by atoms with van der Waals surface area (Å²) >= 11 is 4.63. The standard InChI is InChI=1S/C6H5O2S/c7-4-2-1-3-5(9)6(4)8/h1-3,7-8H. The molecule has 3 heteroatoms. The molecule has 0 aliphatic rings. The Bertz CT molecular complexity index is 202. The van der Waals surface area contributed by atoms with Gasteiger partial charge >= 0.3 is 0 Å². The second kappa shape index (κ2) is 2.11. The zero-order valence-corrected chi connectivity index (χ0v) is 5.35. The van der Waals surface area contributed by atoms with Gasteiger partial charge in [0.15, 0.2) is 11.5 Å². The SMILES string of the molecule is Oc1cccc([S])c1O. The van der Waals surface area contributed by atoms with Crippen LogP contribution in [0.3, 0.4) is 0 Å². The van der Waals surface area contributed by atoms with Crippen LogP contribution in [0, 0.1) is 0 Å². The smallest absolute Gasteiger partial charge is 0.175 e. The normalized spacial score (nSPS) is 9.33. The van der Waals surface area contributed by atoms with Gasteiger partial charge in [-0.2, -0.15) is 0 Å². The van der Waals surface area contributed by atoms with E-state index in [9.17, 15) is 0 Å². The highest BCUT2D eigenvalue weighted by molar-refractivity contribution is 7.80. The summed E-state index contributed by atoms with van der Waals surface area (Å²) in [5.74, 6) is -0.380. The summed E-state index contributed by atoms with van der Waals surface area (Å²) in [5.41, 5.74) is 0. The molecule has 0 saturated heterocycles. The van der Waals surface area contributed by atoms with E-state index in [4.69, 9.17) is 10.2 Å². The van der Waals surface area contributed by atoms with Crippen molar-refractivity contribution < 1.29 is 10.2 Å². The van der Waals surface area contributed by atoms with Crippen LogP contribution in [0.1, 0.15) is 0 Å². The molecule has 9 heavy (non-hydrogen) atoms. The molecule has 0 aliphatic carbocycles. The van der Waals surface area contributed by atoms with E-state index in [1.165, 1.54) is 6.07 Å². The molecule has 0 aliphatic heterocycles. The van der Waals surface area contributed by atoms with Gasteiger partial charge in [0, 0.05) is 0 Å². The Labute approximate surface area is 58.2 Å². The largest absolute Gasteiger partial charge is 0.504 e. The Kier molecular flexibility index (Phi) is 1.44. The van der Waals surface area contributed by atoms with E-state index in [2.05, 4.69) is 12.6 Å². The number of hydrogen-bond acceptors (Lipinski definition) is 2. The molecular formula is C6H5O2S. The van der Waals surface area contributed by atoms with Gasteiger partial charge in [-0.3, -0.25) is 0 Å². The van der Waals surface area contributed by atoms with Crippen molar-refractivity contribution in [2.75, 3.05) is 0 Å². The van der Waals surface area contributed by atoms with Gasteiger partial charge in [0.2, 0.25) is 0 Å². The van der Waals surface area contributed by atoms with Crippen molar-refractivity contribution in [3.8, 4) is 11.5 Å². The van der Waals surface area contributed by atoms with Gasteiger partial charge in [-0.05, 0) is 12.1 Å². The lowest BCUT2D eigenvalue weighted by Gasteiger charge is -1.96. The van der Waals surface area contributed by atoms with Crippen molar-refractivity contribution in [1.29, 1.82) is 0 Å². The van der Waals surface area contributed by atoms with Crippen molar-refractivity contribution in [3.63, 3.8) is 0 Å².